The van der Waals surface area contributed by atoms with Crippen LogP contribution in [0.4, 0.5) is 0 Å². The third-order valence-corrected chi connectivity index (χ3v) is 4.25. The van der Waals surface area contributed by atoms with Crippen molar-refractivity contribution in [3.63, 3.8) is 0 Å². The average Bonchev–Trinajstić information content (AvgIpc) is 2.30. The third kappa shape index (κ3) is 0.941. The molecule has 0 aliphatic heterocycles. The Labute approximate surface area is 67.7 Å². The Kier molecular flexibility index (Phi) is 1.43. The van der Waals surface area contributed by atoms with Crippen LogP contribution in [0.2, 0.25) is 0 Å². The van der Waals surface area contributed by atoms with Crippen LogP contribution in [0.1, 0.15) is 5.17 Å². The van der Waals surface area contributed by atoms with Crippen LogP contribution in [0.15, 0.2) is 24.3 Å². The molecule has 0 aliphatic rings. The SMILES string of the molecule is Cc1c2ccccc2[nH][si]1C. The molecule has 1 heterocycles. The molecular formula is C9H11NSi. The van der Waals surface area contributed by atoms with Gasteiger partial charge in [-0.25, -0.2) is 0 Å². The van der Waals surface area contributed by atoms with E-state index in [2.05, 4.69) is 42.4 Å². The normalized spacial score (nSPS) is 10.7. The van der Waals surface area contributed by atoms with Crippen LogP contribution in [0.3, 0.4) is 0 Å². The van der Waals surface area contributed by atoms with Crippen LogP contribution in [0.5, 0.6) is 0 Å². The first-order valence-corrected chi connectivity index (χ1v) is 5.83. The summed E-state index contributed by atoms with van der Waals surface area (Å²) in [5, 5.41) is 2.97. The van der Waals surface area contributed by atoms with Crippen LogP contribution in [0.25, 0.3) is 10.9 Å². The van der Waals surface area contributed by atoms with E-state index in [1.807, 2.05) is 0 Å². The zero-order valence-corrected chi connectivity index (χ0v) is 7.81. The molecule has 1 nitrogen and oxygen atoms in total. The predicted octanol–water partition coefficient (Wildman–Crippen LogP) is 2.04. The highest BCUT2D eigenvalue weighted by Gasteiger charge is 2.01. The lowest BCUT2D eigenvalue weighted by Gasteiger charge is -1.88. The molecule has 0 amide bonds. The van der Waals surface area contributed by atoms with Crippen LogP contribution >= 0.6 is 0 Å². The number of hydrogen-bond acceptors (Lipinski definition) is 0. The fraction of sp³-hybridized carbons (Fsp3) is 0.222. The van der Waals surface area contributed by atoms with E-state index in [0.29, 0.717) is 0 Å². The molecule has 1 aromatic heterocycles. The van der Waals surface area contributed by atoms with Crippen molar-refractivity contribution in [3.05, 3.63) is 29.4 Å². The van der Waals surface area contributed by atoms with Crippen molar-refractivity contribution in [3.8, 4) is 0 Å². The maximum atomic E-state index is 3.51. The summed E-state index contributed by atoms with van der Waals surface area (Å²) in [5.74, 6) is 0. The number of para-hydroxylation sites is 1. The molecule has 2 rings (SSSR count). The molecule has 2 aromatic rings. The van der Waals surface area contributed by atoms with Crippen molar-refractivity contribution < 1.29 is 0 Å². The van der Waals surface area contributed by atoms with Crippen molar-refractivity contribution >= 4 is 19.5 Å². The van der Waals surface area contributed by atoms with E-state index in [0.717, 1.165) is 0 Å². The van der Waals surface area contributed by atoms with Gasteiger partial charge < -0.3 is 4.64 Å². The summed E-state index contributed by atoms with van der Waals surface area (Å²) < 4.78 is 3.51. The highest BCUT2D eigenvalue weighted by Crippen LogP contribution is 2.14. The summed E-state index contributed by atoms with van der Waals surface area (Å²) >= 11 is 0. The number of fused-ring (bicyclic) bond motifs is 1. The van der Waals surface area contributed by atoms with Crippen molar-refractivity contribution in [2.75, 3.05) is 0 Å². The second-order valence-corrected chi connectivity index (χ2v) is 5.17. The van der Waals surface area contributed by atoms with E-state index >= 15 is 0 Å². The summed E-state index contributed by atoms with van der Waals surface area (Å²) in [7, 11) is -0.425. The van der Waals surface area contributed by atoms with E-state index < -0.39 is 8.57 Å². The molecule has 11 heavy (non-hydrogen) atoms. The van der Waals surface area contributed by atoms with Crippen molar-refractivity contribution in [2.45, 2.75) is 6.92 Å². The number of H-pyrrole nitrogens is 1. The van der Waals surface area contributed by atoms with E-state index in [1.165, 1.54) is 10.9 Å². The monoisotopic (exact) mass is 161 g/mol. The van der Waals surface area contributed by atoms with Crippen LogP contribution in [0, 0.1) is 6.92 Å². The maximum absolute atomic E-state index is 3.51. The number of aromatic amines is 1. The smallest absolute Gasteiger partial charge is 0.127 e. The predicted molar refractivity (Wildman–Crippen MR) is 50.0 cm³/mol. The van der Waals surface area contributed by atoms with Crippen molar-refractivity contribution in [1.29, 1.82) is 0 Å². The van der Waals surface area contributed by atoms with Gasteiger partial charge in [0.2, 0.25) is 0 Å². The van der Waals surface area contributed by atoms with Gasteiger partial charge in [0.1, 0.15) is 8.57 Å². The first-order chi connectivity index (χ1) is 5.29. The molecule has 0 atom stereocenters. The van der Waals surface area contributed by atoms with E-state index in [1.54, 1.807) is 5.17 Å². The molecule has 2 heteroatoms. The number of rotatable bonds is 0. The largest absolute Gasteiger partial charge is 0.391 e. The summed E-state index contributed by atoms with van der Waals surface area (Å²) in [6.07, 6.45) is 0. The Morgan fingerprint density at radius 3 is 2.73 bits per heavy atom. The molecular weight excluding hydrogens is 150 g/mol. The van der Waals surface area contributed by atoms with Gasteiger partial charge >= 0.3 is 0 Å². The van der Waals surface area contributed by atoms with Crippen molar-refractivity contribution in [2.24, 2.45) is 6.55 Å². The molecule has 0 saturated carbocycles. The number of hydrogen-bond donors (Lipinski definition) is 1. The van der Waals surface area contributed by atoms with Gasteiger partial charge in [-0.15, -0.1) is 0 Å². The number of nitrogens with one attached hydrogen (secondary N) is 1. The lowest BCUT2D eigenvalue weighted by molar-refractivity contribution is 1.59. The molecule has 0 fully saturated rings. The number of benzene rings is 1. The van der Waals surface area contributed by atoms with Gasteiger partial charge in [-0.3, -0.25) is 0 Å². The Bertz CT molecular complexity index is 389. The Hall–Kier alpha value is -0.893. The molecule has 0 aliphatic carbocycles. The molecule has 0 radical (unpaired) electrons. The van der Waals surface area contributed by atoms with Gasteiger partial charge in [-0.05, 0) is 30.1 Å². The molecule has 0 saturated heterocycles. The molecule has 0 bridgehead atoms. The fourth-order valence-corrected chi connectivity index (χ4v) is 2.85. The zero-order chi connectivity index (χ0) is 7.84. The van der Waals surface area contributed by atoms with Crippen LogP contribution in [-0.4, -0.2) is 13.2 Å². The molecule has 0 spiro atoms. The highest BCUT2D eigenvalue weighted by atomic mass is 28.2. The highest BCUT2D eigenvalue weighted by molar-refractivity contribution is 6.49. The molecule has 56 valence electrons. The topological polar surface area (TPSA) is 15.8 Å². The van der Waals surface area contributed by atoms with Gasteiger partial charge in [-0.2, -0.15) is 0 Å². The summed E-state index contributed by atoms with van der Waals surface area (Å²) in [6.45, 7) is 4.52. The van der Waals surface area contributed by atoms with E-state index in [-0.39, 0.29) is 0 Å². The Morgan fingerprint density at radius 1 is 1.27 bits per heavy atom. The molecule has 1 aromatic carbocycles. The standard InChI is InChI=1S/C9H11NSi/c1-7-8-5-3-4-6-9(8)10-11(7)2/h3-6,10H,1-2H3. The first kappa shape index (κ1) is 6.79. The third-order valence-electron chi connectivity index (χ3n) is 2.22. The lowest BCUT2D eigenvalue weighted by Crippen LogP contribution is -1.93. The van der Waals surface area contributed by atoms with Gasteiger partial charge in [0, 0.05) is 5.52 Å². The quantitative estimate of drug-likeness (QED) is 0.569. The van der Waals surface area contributed by atoms with Gasteiger partial charge in [0.15, 0.2) is 0 Å². The molecule has 1 N–H and O–H groups in total. The minimum absolute atomic E-state index is 0.425. The van der Waals surface area contributed by atoms with E-state index in [9.17, 15) is 0 Å². The van der Waals surface area contributed by atoms with Gasteiger partial charge in [-0.1, -0.05) is 18.2 Å². The lowest BCUT2D eigenvalue weighted by atomic mass is 10.2. The van der Waals surface area contributed by atoms with Crippen molar-refractivity contribution in [1.82, 2.24) is 4.64 Å². The van der Waals surface area contributed by atoms with Gasteiger partial charge in [0.25, 0.3) is 0 Å². The Balaban J connectivity index is 2.92. The van der Waals surface area contributed by atoms with E-state index in [4.69, 9.17) is 0 Å². The minimum atomic E-state index is -0.425. The first-order valence-electron chi connectivity index (χ1n) is 3.83. The summed E-state index contributed by atoms with van der Waals surface area (Å²) in [5.41, 5.74) is 1.32. The number of aromatic nitrogens is 1. The van der Waals surface area contributed by atoms with Crippen LogP contribution in [-0.2, 0) is 6.55 Å². The Morgan fingerprint density at radius 2 is 2.00 bits per heavy atom. The van der Waals surface area contributed by atoms with Gasteiger partial charge in [0.05, 0.1) is 0 Å². The fourth-order valence-electron chi connectivity index (χ4n) is 1.42. The number of aryl methyl sites for hydroxylation is 2. The zero-order valence-electron chi connectivity index (χ0n) is 6.81. The minimum Gasteiger partial charge on any atom is -0.391 e. The maximum Gasteiger partial charge on any atom is 0.127 e. The van der Waals surface area contributed by atoms with Crippen LogP contribution < -0.4 is 0 Å². The second-order valence-electron chi connectivity index (χ2n) is 2.92. The summed E-state index contributed by atoms with van der Waals surface area (Å²) in [6, 6.07) is 8.53. The average molecular weight is 161 g/mol. The molecule has 0 unspecified atom stereocenters. The summed E-state index contributed by atoms with van der Waals surface area (Å²) in [4.78, 5) is 0. The second kappa shape index (κ2) is 2.31.